The van der Waals surface area contributed by atoms with Crippen molar-refractivity contribution in [3.05, 3.63) is 35.2 Å². The van der Waals surface area contributed by atoms with Crippen molar-refractivity contribution in [3.8, 4) is 11.1 Å². The van der Waals surface area contributed by atoms with Gasteiger partial charge in [-0.05, 0) is 50.3 Å². The standard InChI is InChI=1S/C22H27N3O3/c1-14-20(15(2)28-24-14)16-7-8-19-18(13-16)22(21(26)23-19,17-5-3-4-6-17)25-9-11-27-12-10-25/h7-8,13,17H,3-6,9-12H2,1-2H3,(H,23,26). The molecule has 1 amide bonds. The number of ether oxygens (including phenoxy) is 1. The number of rotatable bonds is 3. The van der Waals surface area contributed by atoms with E-state index in [0.717, 1.165) is 59.8 Å². The highest BCUT2D eigenvalue weighted by Crippen LogP contribution is 2.52. The van der Waals surface area contributed by atoms with E-state index >= 15 is 0 Å². The number of nitrogens with zero attached hydrogens (tertiary/aromatic N) is 2. The zero-order valence-corrected chi connectivity index (χ0v) is 16.6. The first kappa shape index (κ1) is 17.9. The molecule has 1 saturated carbocycles. The van der Waals surface area contributed by atoms with Crippen molar-refractivity contribution in [1.82, 2.24) is 10.1 Å². The monoisotopic (exact) mass is 381 g/mol. The number of carbonyl (C=O) groups excluding carboxylic acids is 1. The fourth-order valence-electron chi connectivity index (χ4n) is 5.60. The molecule has 1 N–H and O–H groups in total. The number of nitrogens with one attached hydrogen (secondary N) is 1. The summed E-state index contributed by atoms with van der Waals surface area (Å²) in [5.41, 5.74) is 4.45. The summed E-state index contributed by atoms with van der Waals surface area (Å²) in [7, 11) is 0. The van der Waals surface area contributed by atoms with E-state index in [-0.39, 0.29) is 5.91 Å². The van der Waals surface area contributed by atoms with Gasteiger partial charge >= 0.3 is 0 Å². The lowest BCUT2D eigenvalue weighted by Crippen LogP contribution is -2.58. The van der Waals surface area contributed by atoms with Gasteiger partial charge in [0.15, 0.2) is 0 Å². The number of aromatic nitrogens is 1. The van der Waals surface area contributed by atoms with E-state index < -0.39 is 5.54 Å². The zero-order valence-electron chi connectivity index (χ0n) is 16.6. The number of morpholine rings is 1. The molecule has 6 nitrogen and oxygen atoms in total. The Balaban J connectivity index is 1.69. The van der Waals surface area contributed by atoms with Gasteiger partial charge < -0.3 is 14.6 Å². The molecule has 1 unspecified atom stereocenters. The summed E-state index contributed by atoms with van der Waals surface area (Å²) in [6.07, 6.45) is 4.59. The third kappa shape index (κ3) is 2.47. The first-order valence-corrected chi connectivity index (χ1v) is 10.3. The predicted octanol–water partition coefficient (Wildman–Crippen LogP) is 3.63. The summed E-state index contributed by atoms with van der Waals surface area (Å²) < 4.78 is 11.0. The molecular weight excluding hydrogens is 354 g/mol. The Morgan fingerprint density at radius 1 is 1.18 bits per heavy atom. The molecule has 2 fully saturated rings. The van der Waals surface area contributed by atoms with Crippen LogP contribution in [-0.4, -0.2) is 42.3 Å². The summed E-state index contributed by atoms with van der Waals surface area (Å²) in [5, 5.41) is 7.32. The van der Waals surface area contributed by atoms with Gasteiger partial charge in [-0.2, -0.15) is 0 Å². The second-order valence-electron chi connectivity index (χ2n) is 8.26. The molecule has 3 aliphatic rings. The molecule has 3 heterocycles. The highest BCUT2D eigenvalue weighted by molar-refractivity contribution is 6.06. The van der Waals surface area contributed by atoms with Gasteiger partial charge in [0.05, 0.1) is 18.9 Å². The van der Waals surface area contributed by atoms with Crippen molar-refractivity contribution in [2.75, 3.05) is 31.6 Å². The lowest BCUT2D eigenvalue weighted by molar-refractivity contribution is -0.136. The third-order valence-electron chi connectivity index (χ3n) is 6.80. The van der Waals surface area contributed by atoms with E-state index in [1.54, 1.807) is 0 Å². The molecule has 2 aliphatic heterocycles. The lowest BCUT2D eigenvalue weighted by Gasteiger charge is -2.45. The SMILES string of the molecule is Cc1noc(C)c1-c1ccc2c(c1)C(C1CCCC1)(N1CCOCC1)C(=O)N2. The summed E-state index contributed by atoms with van der Waals surface area (Å²) in [6, 6.07) is 6.31. The van der Waals surface area contributed by atoms with Crippen LogP contribution < -0.4 is 5.32 Å². The topological polar surface area (TPSA) is 67.6 Å². The molecule has 28 heavy (non-hydrogen) atoms. The van der Waals surface area contributed by atoms with Crippen LogP contribution in [0.4, 0.5) is 5.69 Å². The van der Waals surface area contributed by atoms with Crippen LogP contribution in [0, 0.1) is 19.8 Å². The van der Waals surface area contributed by atoms with E-state index in [4.69, 9.17) is 9.26 Å². The van der Waals surface area contributed by atoms with Gasteiger partial charge in [-0.1, -0.05) is 24.1 Å². The molecular formula is C22H27N3O3. The minimum atomic E-state index is -0.593. The van der Waals surface area contributed by atoms with Crippen LogP contribution in [-0.2, 0) is 15.1 Å². The summed E-state index contributed by atoms with van der Waals surface area (Å²) in [5.74, 6) is 1.28. The Labute approximate surface area is 165 Å². The number of amides is 1. The van der Waals surface area contributed by atoms with E-state index in [0.29, 0.717) is 19.1 Å². The third-order valence-corrected chi connectivity index (χ3v) is 6.80. The molecule has 148 valence electrons. The molecule has 0 spiro atoms. The minimum Gasteiger partial charge on any atom is -0.379 e. The van der Waals surface area contributed by atoms with Crippen LogP contribution >= 0.6 is 0 Å². The van der Waals surface area contributed by atoms with Crippen LogP contribution in [0.25, 0.3) is 11.1 Å². The van der Waals surface area contributed by atoms with Gasteiger partial charge in [0, 0.05) is 29.9 Å². The van der Waals surface area contributed by atoms with E-state index in [1.165, 1.54) is 12.8 Å². The Morgan fingerprint density at radius 3 is 2.61 bits per heavy atom. The Bertz CT molecular complexity index is 890. The van der Waals surface area contributed by atoms with Crippen molar-refractivity contribution in [1.29, 1.82) is 0 Å². The average Bonchev–Trinajstić information content (AvgIpc) is 3.41. The first-order valence-electron chi connectivity index (χ1n) is 10.3. The van der Waals surface area contributed by atoms with E-state index in [9.17, 15) is 4.79 Å². The van der Waals surface area contributed by atoms with Gasteiger partial charge in [0.2, 0.25) is 5.91 Å². The van der Waals surface area contributed by atoms with Crippen LogP contribution in [0.1, 0.15) is 42.7 Å². The van der Waals surface area contributed by atoms with Crippen molar-refractivity contribution >= 4 is 11.6 Å². The van der Waals surface area contributed by atoms with Crippen molar-refractivity contribution in [2.45, 2.75) is 45.1 Å². The number of aryl methyl sites for hydroxylation is 2. The quantitative estimate of drug-likeness (QED) is 0.879. The highest BCUT2D eigenvalue weighted by Gasteiger charge is 2.56. The zero-order chi connectivity index (χ0) is 19.3. The highest BCUT2D eigenvalue weighted by atomic mass is 16.5. The number of benzene rings is 1. The normalized spacial score (nSPS) is 25.9. The predicted molar refractivity (Wildman–Crippen MR) is 106 cm³/mol. The molecule has 1 aromatic heterocycles. The summed E-state index contributed by atoms with van der Waals surface area (Å²) >= 11 is 0. The van der Waals surface area contributed by atoms with Gasteiger partial charge in [-0.15, -0.1) is 0 Å². The smallest absolute Gasteiger partial charge is 0.249 e. The van der Waals surface area contributed by atoms with Gasteiger partial charge in [-0.3, -0.25) is 9.69 Å². The van der Waals surface area contributed by atoms with Gasteiger partial charge in [0.25, 0.3) is 0 Å². The molecule has 6 heteroatoms. The van der Waals surface area contributed by atoms with Crippen LogP contribution in [0.15, 0.2) is 22.7 Å². The van der Waals surface area contributed by atoms with E-state index in [1.807, 2.05) is 19.9 Å². The number of hydrogen-bond acceptors (Lipinski definition) is 5. The number of anilines is 1. The minimum absolute atomic E-state index is 0.132. The lowest BCUT2D eigenvalue weighted by atomic mass is 9.75. The molecule has 0 radical (unpaired) electrons. The molecule has 1 aromatic carbocycles. The number of fused-ring (bicyclic) bond motifs is 1. The molecule has 2 aromatic rings. The molecule has 1 saturated heterocycles. The van der Waals surface area contributed by atoms with Crippen LogP contribution in [0.3, 0.4) is 0 Å². The summed E-state index contributed by atoms with van der Waals surface area (Å²) in [4.78, 5) is 15.9. The molecule has 1 atom stereocenters. The molecule has 5 rings (SSSR count). The largest absolute Gasteiger partial charge is 0.379 e. The summed E-state index contributed by atoms with van der Waals surface area (Å²) in [6.45, 7) is 6.85. The molecule has 1 aliphatic carbocycles. The first-order chi connectivity index (χ1) is 13.6. The van der Waals surface area contributed by atoms with Gasteiger partial charge in [0.1, 0.15) is 11.3 Å². The van der Waals surface area contributed by atoms with Crippen LogP contribution in [0.5, 0.6) is 0 Å². The fraction of sp³-hybridized carbons (Fsp3) is 0.545. The fourth-order valence-corrected chi connectivity index (χ4v) is 5.60. The van der Waals surface area contributed by atoms with Crippen molar-refractivity contribution in [2.24, 2.45) is 5.92 Å². The number of carbonyl (C=O) groups is 1. The average molecular weight is 381 g/mol. The Hall–Kier alpha value is -2.18. The van der Waals surface area contributed by atoms with E-state index in [2.05, 4.69) is 27.5 Å². The number of hydrogen-bond donors (Lipinski definition) is 1. The second-order valence-corrected chi connectivity index (χ2v) is 8.26. The van der Waals surface area contributed by atoms with Crippen molar-refractivity contribution < 1.29 is 14.1 Å². The maximum absolute atomic E-state index is 13.5. The molecule has 0 bridgehead atoms. The van der Waals surface area contributed by atoms with Crippen molar-refractivity contribution in [3.63, 3.8) is 0 Å². The van der Waals surface area contributed by atoms with Crippen LogP contribution in [0.2, 0.25) is 0 Å². The Kier molecular flexibility index (Phi) is 4.29. The Morgan fingerprint density at radius 2 is 1.93 bits per heavy atom. The van der Waals surface area contributed by atoms with Gasteiger partial charge in [-0.25, -0.2) is 0 Å². The maximum Gasteiger partial charge on any atom is 0.249 e. The second kappa shape index (κ2) is 6.71. The maximum atomic E-state index is 13.5.